The molecular weight excluding hydrogens is 206 g/mol. The molecule has 0 fully saturated rings. The van der Waals surface area contributed by atoms with Crippen LogP contribution >= 0.6 is 0 Å². The van der Waals surface area contributed by atoms with Gasteiger partial charge in [-0.2, -0.15) is 8.78 Å². The van der Waals surface area contributed by atoms with E-state index in [0.29, 0.717) is 6.92 Å². The highest BCUT2D eigenvalue weighted by Gasteiger charge is 2.23. The van der Waals surface area contributed by atoms with Crippen LogP contribution in [0.5, 0.6) is 5.75 Å². The first-order valence-electron chi connectivity index (χ1n) is 4.17. The van der Waals surface area contributed by atoms with E-state index in [2.05, 4.69) is 9.47 Å². The topological polar surface area (TPSA) is 35.5 Å². The zero-order chi connectivity index (χ0) is 11.5. The molecule has 1 aromatic rings. The van der Waals surface area contributed by atoms with E-state index in [1.54, 1.807) is 0 Å². The van der Waals surface area contributed by atoms with Crippen molar-refractivity contribution in [3.05, 3.63) is 29.8 Å². The number of alkyl halides is 2. The van der Waals surface area contributed by atoms with E-state index in [1.165, 1.54) is 31.4 Å². The number of methoxy groups -OCH3 is 1. The number of benzene rings is 1. The van der Waals surface area contributed by atoms with E-state index < -0.39 is 12.1 Å². The van der Waals surface area contributed by atoms with Gasteiger partial charge in [0.05, 0.1) is 12.7 Å². The zero-order valence-electron chi connectivity index (χ0n) is 8.29. The lowest BCUT2D eigenvalue weighted by atomic mass is 10.2. The minimum absolute atomic E-state index is 0.00449. The third kappa shape index (κ3) is 3.53. The molecule has 0 bridgehead atoms. The largest absolute Gasteiger partial charge is 0.465 e. The monoisotopic (exact) mass is 216 g/mol. The van der Waals surface area contributed by atoms with Gasteiger partial charge in [-0.3, -0.25) is 0 Å². The fourth-order valence-corrected chi connectivity index (χ4v) is 0.984. The Morgan fingerprint density at radius 3 is 2.20 bits per heavy atom. The van der Waals surface area contributed by atoms with Crippen LogP contribution in [-0.2, 0) is 4.74 Å². The summed E-state index contributed by atoms with van der Waals surface area (Å²) >= 11 is 0. The molecule has 5 heteroatoms. The van der Waals surface area contributed by atoms with E-state index in [4.69, 9.17) is 0 Å². The highest BCUT2D eigenvalue weighted by Crippen LogP contribution is 2.21. The maximum Gasteiger partial charge on any atom is 0.394 e. The molecule has 0 aromatic heterocycles. The van der Waals surface area contributed by atoms with Gasteiger partial charge in [0, 0.05) is 6.92 Å². The van der Waals surface area contributed by atoms with Crippen molar-refractivity contribution in [1.29, 1.82) is 0 Å². The molecule has 0 atom stereocenters. The van der Waals surface area contributed by atoms with Crippen LogP contribution in [0.2, 0.25) is 0 Å². The summed E-state index contributed by atoms with van der Waals surface area (Å²) in [6.07, 6.45) is -3.23. The first kappa shape index (κ1) is 11.4. The lowest BCUT2D eigenvalue weighted by Gasteiger charge is -2.12. The molecule has 0 spiro atoms. The lowest BCUT2D eigenvalue weighted by molar-refractivity contribution is -0.158. The van der Waals surface area contributed by atoms with Crippen molar-refractivity contribution in [1.82, 2.24) is 0 Å². The Labute approximate surface area is 85.6 Å². The summed E-state index contributed by atoms with van der Waals surface area (Å²) in [5.41, 5.74) is 0.282. The number of ether oxygens (including phenoxy) is 2. The Balaban J connectivity index is 2.77. The number of halogens is 2. The first-order chi connectivity index (χ1) is 6.92. The van der Waals surface area contributed by atoms with Crippen LogP contribution in [0.25, 0.3) is 0 Å². The average molecular weight is 216 g/mol. The smallest absolute Gasteiger partial charge is 0.394 e. The molecule has 0 aliphatic rings. The summed E-state index contributed by atoms with van der Waals surface area (Å²) in [5, 5.41) is 0. The first-order valence-corrected chi connectivity index (χ1v) is 4.17. The number of hydrogen-bond donors (Lipinski definition) is 0. The Hall–Kier alpha value is -1.65. The van der Waals surface area contributed by atoms with Gasteiger partial charge in [-0.15, -0.1) is 0 Å². The van der Waals surface area contributed by atoms with Gasteiger partial charge < -0.3 is 9.47 Å². The highest BCUT2D eigenvalue weighted by molar-refractivity contribution is 5.89. The van der Waals surface area contributed by atoms with E-state index >= 15 is 0 Å². The van der Waals surface area contributed by atoms with Gasteiger partial charge in [-0.25, -0.2) is 4.79 Å². The molecule has 0 unspecified atom stereocenters. The van der Waals surface area contributed by atoms with Crippen molar-refractivity contribution >= 4 is 5.97 Å². The van der Waals surface area contributed by atoms with Crippen LogP contribution in [-0.4, -0.2) is 19.2 Å². The quantitative estimate of drug-likeness (QED) is 0.728. The van der Waals surface area contributed by atoms with Gasteiger partial charge in [-0.1, -0.05) is 0 Å². The van der Waals surface area contributed by atoms with Gasteiger partial charge in [0.1, 0.15) is 5.75 Å². The van der Waals surface area contributed by atoms with E-state index in [-0.39, 0.29) is 11.3 Å². The third-order valence-electron chi connectivity index (χ3n) is 1.57. The van der Waals surface area contributed by atoms with E-state index in [0.717, 1.165) is 0 Å². The van der Waals surface area contributed by atoms with Crippen molar-refractivity contribution in [2.75, 3.05) is 7.11 Å². The van der Waals surface area contributed by atoms with Crippen molar-refractivity contribution in [2.24, 2.45) is 0 Å². The van der Waals surface area contributed by atoms with Crippen LogP contribution in [0.1, 0.15) is 17.3 Å². The summed E-state index contributed by atoms with van der Waals surface area (Å²) < 4.78 is 33.6. The molecule has 3 nitrogen and oxygen atoms in total. The summed E-state index contributed by atoms with van der Waals surface area (Å²) in [7, 11) is 1.24. The van der Waals surface area contributed by atoms with Crippen LogP contribution in [0.15, 0.2) is 24.3 Å². The predicted molar refractivity (Wildman–Crippen MR) is 49.0 cm³/mol. The fourth-order valence-electron chi connectivity index (χ4n) is 0.984. The van der Waals surface area contributed by atoms with Crippen LogP contribution in [0, 0.1) is 0 Å². The molecule has 15 heavy (non-hydrogen) atoms. The summed E-state index contributed by atoms with van der Waals surface area (Å²) in [6.45, 7) is 0.640. The van der Waals surface area contributed by atoms with Crippen LogP contribution < -0.4 is 4.74 Å². The second-order valence-corrected chi connectivity index (χ2v) is 2.93. The highest BCUT2D eigenvalue weighted by atomic mass is 19.3. The Kier molecular flexibility index (Phi) is 3.24. The van der Waals surface area contributed by atoms with Gasteiger partial charge in [-0.05, 0) is 24.3 Å². The molecule has 0 N–H and O–H groups in total. The SMILES string of the molecule is COC(=O)c1ccc(OC(C)(F)F)cc1. The van der Waals surface area contributed by atoms with Crippen molar-refractivity contribution < 1.29 is 23.0 Å². The molecule has 0 amide bonds. The molecule has 0 heterocycles. The Bertz CT molecular complexity index is 341. The molecule has 0 radical (unpaired) electrons. The normalized spacial score (nSPS) is 10.9. The summed E-state index contributed by atoms with van der Waals surface area (Å²) in [4.78, 5) is 11.0. The van der Waals surface area contributed by atoms with E-state index in [1.807, 2.05) is 0 Å². The molecule has 82 valence electrons. The number of rotatable bonds is 3. The average Bonchev–Trinajstić information content (AvgIpc) is 2.15. The van der Waals surface area contributed by atoms with Crippen molar-refractivity contribution in [3.8, 4) is 5.75 Å². The summed E-state index contributed by atoms with van der Waals surface area (Å²) in [6, 6.07) is 5.27. The molecular formula is C10H10F2O3. The van der Waals surface area contributed by atoms with E-state index in [9.17, 15) is 13.6 Å². The second-order valence-electron chi connectivity index (χ2n) is 2.93. The maximum absolute atomic E-state index is 12.4. The van der Waals surface area contributed by atoms with Gasteiger partial charge >= 0.3 is 12.1 Å². The predicted octanol–water partition coefficient (Wildman–Crippen LogP) is 2.46. The van der Waals surface area contributed by atoms with Crippen molar-refractivity contribution in [2.45, 2.75) is 13.0 Å². The number of esters is 1. The van der Waals surface area contributed by atoms with Crippen molar-refractivity contribution in [3.63, 3.8) is 0 Å². The summed E-state index contributed by atoms with van der Waals surface area (Å²) in [5.74, 6) is -0.528. The third-order valence-corrected chi connectivity index (χ3v) is 1.57. The van der Waals surface area contributed by atoms with Crippen LogP contribution in [0.3, 0.4) is 0 Å². The number of carbonyl (C=O) groups excluding carboxylic acids is 1. The van der Waals surface area contributed by atoms with Gasteiger partial charge in [0.2, 0.25) is 0 Å². The lowest BCUT2D eigenvalue weighted by Crippen LogP contribution is -2.19. The molecule has 0 aliphatic carbocycles. The fraction of sp³-hybridized carbons (Fsp3) is 0.300. The molecule has 0 saturated heterocycles. The Morgan fingerprint density at radius 1 is 1.27 bits per heavy atom. The van der Waals surface area contributed by atoms with Gasteiger partial charge in [0.25, 0.3) is 0 Å². The zero-order valence-corrected chi connectivity index (χ0v) is 8.29. The molecule has 0 saturated carbocycles. The minimum atomic E-state index is -3.23. The number of hydrogen-bond acceptors (Lipinski definition) is 3. The second kappa shape index (κ2) is 4.25. The molecule has 1 aromatic carbocycles. The Morgan fingerprint density at radius 2 is 1.80 bits per heavy atom. The maximum atomic E-state index is 12.4. The minimum Gasteiger partial charge on any atom is -0.465 e. The molecule has 1 rings (SSSR count). The standard InChI is InChI=1S/C10H10F2O3/c1-10(11,12)15-8-5-3-7(4-6-8)9(13)14-2/h3-6H,1-2H3. The van der Waals surface area contributed by atoms with Crippen LogP contribution in [0.4, 0.5) is 8.78 Å². The molecule has 0 aliphatic heterocycles. The van der Waals surface area contributed by atoms with Gasteiger partial charge in [0.15, 0.2) is 0 Å². The number of carbonyl (C=O) groups is 1.